The summed E-state index contributed by atoms with van der Waals surface area (Å²) in [6.45, 7) is 5.54. The maximum absolute atomic E-state index is 13.2. The monoisotopic (exact) mass is 386 g/mol. The van der Waals surface area contributed by atoms with Gasteiger partial charge in [-0.15, -0.1) is 0 Å². The molecule has 0 aromatic heterocycles. The Morgan fingerprint density at radius 3 is 2.69 bits per heavy atom. The minimum Gasteiger partial charge on any atom is -0.489 e. The molecule has 4 nitrogen and oxygen atoms in total. The predicted octanol–water partition coefficient (Wildman–Crippen LogP) is 5.75. The van der Waals surface area contributed by atoms with Crippen molar-refractivity contribution >= 4 is 17.3 Å². The molecule has 29 heavy (non-hydrogen) atoms. The summed E-state index contributed by atoms with van der Waals surface area (Å²) in [5.74, 6) is 1.16. The van der Waals surface area contributed by atoms with Gasteiger partial charge >= 0.3 is 0 Å². The lowest BCUT2D eigenvalue weighted by Crippen LogP contribution is -2.22. The highest BCUT2D eigenvalue weighted by Gasteiger charge is 2.23. The zero-order valence-corrected chi connectivity index (χ0v) is 16.9. The molecule has 4 heteroatoms. The molecule has 0 spiro atoms. The third-order valence-electron chi connectivity index (χ3n) is 5.37. The van der Waals surface area contributed by atoms with Crippen molar-refractivity contribution in [3.63, 3.8) is 0 Å². The summed E-state index contributed by atoms with van der Waals surface area (Å²) in [4.78, 5) is 13.2. The number of rotatable bonds is 5. The molecule has 1 heterocycles. The van der Waals surface area contributed by atoms with Crippen LogP contribution in [0.4, 0.5) is 11.4 Å². The Bertz CT molecular complexity index is 1010. The second-order valence-corrected chi connectivity index (χ2v) is 7.61. The largest absolute Gasteiger partial charge is 0.489 e. The van der Waals surface area contributed by atoms with Crippen LogP contribution in [0.3, 0.4) is 0 Å². The first-order valence-corrected chi connectivity index (χ1v) is 10.1. The van der Waals surface area contributed by atoms with Gasteiger partial charge in [0.25, 0.3) is 5.91 Å². The summed E-state index contributed by atoms with van der Waals surface area (Å²) in [5.41, 5.74) is 5.70. The van der Waals surface area contributed by atoms with Crippen LogP contribution >= 0.6 is 0 Å². The van der Waals surface area contributed by atoms with E-state index < -0.39 is 0 Å². The van der Waals surface area contributed by atoms with Gasteiger partial charge in [0.1, 0.15) is 12.4 Å². The molecule has 0 fully saturated rings. The number of carbonyl (C=O) groups excluding carboxylic acids is 1. The molecule has 148 valence electrons. The van der Waals surface area contributed by atoms with E-state index in [4.69, 9.17) is 4.74 Å². The molecular weight excluding hydrogens is 360 g/mol. The Kier molecular flexibility index (Phi) is 5.52. The smallest absolute Gasteiger partial charge is 0.257 e. The summed E-state index contributed by atoms with van der Waals surface area (Å²) < 4.78 is 5.88. The van der Waals surface area contributed by atoms with Crippen molar-refractivity contribution in [2.24, 2.45) is 0 Å². The summed E-state index contributed by atoms with van der Waals surface area (Å²) in [5, 5.41) is 6.53. The topological polar surface area (TPSA) is 50.4 Å². The van der Waals surface area contributed by atoms with Gasteiger partial charge in [-0.25, -0.2) is 0 Å². The highest BCUT2D eigenvalue weighted by atomic mass is 16.5. The van der Waals surface area contributed by atoms with E-state index in [2.05, 4.69) is 23.6 Å². The van der Waals surface area contributed by atoms with Crippen molar-refractivity contribution in [2.75, 3.05) is 17.2 Å². The van der Waals surface area contributed by atoms with Crippen LogP contribution in [-0.4, -0.2) is 12.5 Å². The van der Waals surface area contributed by atoms with Crippen molar-refractivity contribution in [1.29, 1.82) is 0 Å². The molecule has 1 amide bonds. The number of hydrogen-bond donors (Lipinski definition) is 2. The third-order valence-corrected chi connectivity index (χ3v) is 5.37. The van der Waals surface area contributed by atoms with Gasteiger partial charge in [0, 0.05) is 17.8 Å². The Labute approximate surface area is 171 Å². The summed E-state index contributed by atoms with van der Waals surface area (Å²) >= 11 is 0. The van der Waals surface area contributed by atoms with E-state index in [0.717, 1.165) is 41.2 Å². The molecule has 1 aliphatic heterocycles. The fourth-order valence-corrected chi connectivity index (χ4v) is 3.78. The average molecular weight is 386 g/mol. The standard InChI is InChI=1S/C25H26N2O2/c1-17-14-21-18(2)12-13-26-24(21)22(15-17)25(28)27-23-11-7-6-8-19(23)16-29-20-9-4-3-5-10-20/h3-11,14-15,18,26H,12-13,16H2,1-2H3,(H,27,28). The zero-order chi connectivity index (χ0) is 20.2. The number of nitrogens with one attached hydrogen (secondary N) is 2. The number of benzene rings is 3. The van der Waals surface area contributed by atoms with Crippen LogP contribution < -0.4 is 15.4 Å². The van der Waals surface area contributed by atoms with Crippen molar-refractivity contribution in [1.82, 2.24) is 0 Å². The second kappa shape index (κ2) is 8.39. The molecule has 2 N–H and O–H groups in total. The Hall–Kier alpha value is -3.27. The molecule has 1 unspecified atom stereocenters. The quantitative estimate of drug-likeness (QED) is 0.587. The van der Waals surface area contributed by atoms with Crippen LogP contribution in [-0.2, 0) is 6.61 Å². The molecule has 0 radical (unpaired) electrons. The highest BCUT2D eigenvalue weighted by molar-refractivity contribution is 6.09. The number of anilines is 2. The van der Waals surface area contributed by atoms with Gasteiger partial charge in [0.2, 0.25) is 0 Å². The Morgan fingerprint density at radius 2 is 1.86 bits per heavy atom. The highest BCUT2D eigenvalue weighted by Crippen LogP contribution is 2.35. The number of carbonyl (C=O) groups is 1. The maximum atomic E-state index is 13.2. The number of para-hydroxylation sites is 2. The maximum Gasteiger partial charge on any atom is 0.257 e. The van der Waals surface area contributed by atoms with Crippen molar-refractivity contribution in [3.05, 3.63) is 89.0 Å². The minimum absolute atomic E-state index is 0.0984. The van der Waals surface area contributed by atoms with E-state index in [-0.39, 0.29) is 5.91 Å². The average Bonchev–Trinajstić information content (AvgIpc) is 2.74. The molecule has 0 saturated heterocycles. The minimum atomic E-state index is -0.0984. The zero-order valence-electron chi connectivity index (χ0n) is 16.9. The molecule has 1 atom stereocenters. The molecule has 3 aromatic rings. The van der Waals surface area contributed by atoms with Gasteiger partial charge in [0.15, 0.2) is 0 Å². The number of fused-ring (bicyclic) bond motifs is 1. The Balaban J connectivity index is 1.57. The number of amides is 1. The van der Waals surface area contributed by atoms with Crippen LogP contribution in [0.5, 0.6) is 5.75 Å². The number of aryl methyl sites for hydroxylation is 1. The lowest BCUT2D eigenvalue weighted by atomic mass is 9.89. The van der Waals surface area contributed by atoms with Crippen LogP contribution in [0, 0.1) is 6.92 Å². The number of ether oxygens (including phenoxy) is 1. The van der Waals surface area contributed by atoms with Gasteiger partial charge in [0.05, 0.1) is 11.3 Å². The van der Waals surface area contributed by atoms with E-state index >= 15 is 0 Å². The molecule has 0 bridgehead atoms. The first kappa shape index (κ1) is 19.1. The lowest BCUT2D eigenvalue weighted by molar-refractivity contribution is 0.102. The van der Waals surface area contributed by atoms with Gasteiger partial charge in [-0.1, -0.05) is 49.4 Å². The van der Waals surface area contributed by atoms with E-state index in [1.807, 2.05) is 67.6 Å². The first-order valence-electron chi connectivity index (χ1n) is 10.1. The fraction of sp³-hybridized carbons (Fsp3) is 0.240. The second-order valence-electron chi connectivity index (χ2n) is 7.61. The summed E-state index contributed by atoms with van der Waals surface area (Å²) in [7, 11) is 0. The van der Waals surface area contributed by atoms with Gasteiger partial charge in [-0.2, -0.15) is 0 Å². The molecular formula is C25H26N2O2. The van der Waals surface area contributed by atoms with Crippen LogP contribution in [0.1, 0.15) is 46.3 Å². The van der Waals surface area contributed by atoms with Gasteiger partial charge in [-0.3, -0.25) is 4.79 Å². The van der Waals surface area contributed by atoms with Crippen LogP contribution in [0.2, 0.25) is 0 Å². The summed E-state index contributed by atoms with van der Waals surface area (Å²) in [6.07, 6.45) is 1.08. The SMILES string of the molecule is Cc1cc(C(=O)Nc2ccccc2COc2ccccc2)c2c(c1)C(C)CCN2. The van der Waals surface area contributed by atoms with Crippen LogP contribution in [0.15, 0.2) is 66.7 Å². The molecule has 0 aliphatic carbocycles. The van der Waals surface area contributed by atoms with E-state index in [9.17, 15) is 4.79 Å². The third kappa shape index (κ3) is 4.27. The Morgan fingerprint density at radius 1 is 1.10 bits per heavy atom. The lowest BCUT2D eigenvalue weighted by Gasteiger charge is -2.26. The van der Waals surface area contributed by atoms with Gasteiger partial charge < -0.3 is 15.4 Å². The van der Waals surface area contributed by atoms with Crippen molar-refractivity contribution in [2.45, 2.75) is 32.8 Å². The van der Waals surface area contributed by atoms with Crippen molar-refractivity contribution < 1.29 is 9.53 Å². The van der Waals surface area contributed by atoms with E-state index in [1.165, 1.54) is 5.56 Å². The first-order chi connectivity index (χ1) is 14.1. The van der Waals surface area contributed by atoms with E-state index in [1.54, 1.807) is 0 Å². The summed E-state index contributed by atoms with van der Waals surface area (Å²) in [6, 6.07) is 21.6. The molecule has 3 aromatic carbocycles. The predicted molar refractivity (Wildman–Crippen MR) is 118 cm³/mol. The normalized spacial score (nSPS) is 15.2. The van der Waals surface area contributed by atoms with Crippen molar-refractivity contribution in [3.8, 4) is 5.75 Å². The van der Waals surface area contributed by atoms with Gasteiger partial charge in [-0.05, 0) is 54.7 Å². The number of hydrogen-bond acceptors (Lipinski definition) is 3. The fourth-order valence-electron chi connectivity index (χ4n) is 3.78. The van der Waals surface area contributed by atoms with E-state index in [0.29, 0.717) is 18.1 Å². The molecule has 4 rings (SSSR count). The van der Waals surface area contributed by atoms with Crippen LogP contribution in [0.25, 0.3) is 0 Å². The molecule has 0 saturated carbocycles. The molecule has 1 aliphatic rings.